The van der Waals surface area contributed by atoms with E-state index in [4.69, 9.17) is 46.4 Å². The number of alkyl halides is 3. The first-order chi connectivity index (χ1) is 6.36. The Labute approximate surface area is 110 Å². The van der Waals surface area contributed by atoms with Crippen LogP contribution in [0.25, 0.3) is 0 Å². The molecule has 0 aliphatic carbocycles. The Balaban J connectivity index is 3.30. The van der Waals surface area contributed by atoms with E-state index >= 15 is 0 Å². The van der Waals surface area contributed by atoms with Crippen molar-refractivity contribution < 1.29 is 0 Å². The number of hydrogen-bond donors (Lipinski definition) is 0. The van der Waals surface area contributed by atoms with Crippen molar-refractivity contribution in [1.82, 2.24) is 9.97 Å². The first-order valence-corrected chi connectivity index (χ1v) is 5.95. The summed E-state index contributed by atoms with van der Waals surface area (Å²) in [6.45, 7) is 1.92. The fourth-order valence-corrected chi connectivity index (χ4v) is 1.72. The maximum absolute atomic E-state index is 5.83. The minimum absolute atomic E-state index is 0.0903. The van der Waals surface area contributed by atoms with Gasteiger partial charge in [0, 0.05) is 0 Å². The maximum Gasteiger partial charge on any atom is 0.250 e. The van der Waals surface area contributed by atoms with Gasteiger partial charge in [-0.05, 0) is 22.4 Å². The summed E-state index contributed by atoms with van der Waals surface area (Å²) in [6, 6.07) is 0. The zero-order valence-corrected chi connectivity index (χ0v) is 11.6. The number of rotatable bonds is 1. The molecule has 0 N–H and O–H groups in total. The summed E-state index contributed by atoms with van der Waals surface area (Å²) in [5, 5.41) is 0.248. The molecule has 0 saturated carbocycles. The highest BCUT2D eigenvalue weighted by Crippen LogP contribution is 2.37. The van der Waals surface area contributed by atoms with Gasteiger partial charge in [0.15, 0.2) is 5.82 Å². The Bertz CT molecular complexity index is 350. The molecule has 0 spiro atoms. The molecular formula is C7H5BrCl4N2. The highest BCUT2D eigenvalue weighted by Gasteiger charge is 2.28. The molecule has 0 aromatic carbocycles. The third-order valence-corrected chi connectivity index (χ3v) is 3.31. The lowest BCUT2D eigenvalue weighted by molar-refractivity contribution is 0.895. The number of aromatic nitrogens is 2. The van der Waals surface area contributed by atoms with Crippen LogP contribution in [0.2, 0.25) is 5.15 Å². The quantitative estimate of drug-likeness (QED) is 0.564. The van der Waals surface area contributed by atoms with Crippen molar-refractivity contribution >= 4 is 62.3 Å². The molecule has 0 amide bonds. The van der Waals surface area contributed by atoms with Crippen LogP contribution in [0.5, 0.6) is 0 Å². The van der Waals surface area contributed by atoms with Gasteiger partial charge < -0.3 is 0 Å². The Morgan fingerprint density at radius 1 is 1.29 bits per heavy atom. The molecule has 1 aromatic heterocycles. The summed E-state index contributed by atoms with van der Waals surface area (Å²) in [6.07, 6.45) is 0.677. The monoisotopic (exact) mass is 336 g/mol. The SMILES string of the molecule is CCc1nc(C(Cl)(Cl)Cl)nc(Cl)c1Br. The van der Waals surface area contributed by atoms with Crippen molar-refractivity contribution in [3.05, 3.63) is 21.1 Å². The van der Waals surface area contributed by atoms with E-state index in [9.17, 15) is 0 Å². The van der Waals surface area contributed by atoms with Gasteiger partial charge in [0.25, 0.3) is 0 Å². The minimum Gasteiger partial charge on any atom is -0.232 e. The first kappa shape index (κ1) is 12.8. The lowest BCUT2D eigenvalue weighted by Gasteiger charge is -2.11. The summed E-state index contributed by atoms with van der Waals surface area (Å²) in [5.41, 5.74) is 0.714. The van der Waals surface area contributed by atoms with Gasteiger partial charge in [-0.1, -0.05) is 53.3 Å². The average Bonchev–Trinajstić information content (AvgIpc) is 2.07. The molecule has 0 unspecified atom stereocenters. The number of hydrogen-bond acceptors (Lipinski definition) is 2. The van der Waals surface area contributed by atoms with E-state index in [2.05, 4.69) is 25.9 Å². The average molecular weight is 339 g/mol. The second kappa shape index (κ2) is 4.71. The fraction of sp³-hybridized carbons (Fsp3) is 0.429. The standard InChI is InChI=1S/C7H5BrCl4N2/c1-2-3-4(8)5(9)14-6(13-3)7(10,11)12/h2H2,1H3. The third-order valence-electron chi connectivity index (χ3n) is 1.47. The lowest BCUT2D eigenvalue weighted by atomic mass is 10.3. The van der Waals surface area contributed by atoms with Gasteiger partial charge in [-0.15, -0.1) is 0 Å². The molecule has 2 nitrogen and oxygen atoms in total. The summed E-state index contributed by atoms with van der Waals surface area (Å²) >= 11 is 26.0. The van der Waals surface area contributed by atoms with Gasteiger partial charge in [-0.25, -0.2) is 9.97 Å². The highest BCUT2D eigenvalue weighted by molar-refractivity contribution is 9.10. The molecule has 14 heavy (non-hydrogen) atoms. The molecule has 0 atom stereocenters. The normalized spacial score (nSPS) is 11.9. The first-order valence-electron chi connectivity index (χ1n) is 3.65. The van der Waals surface area contributed by atoms with Crippen LogP contribution in [-0.2, 0) is 10.2 Å². The van der Waals surface area contributed by atoms with Gasteiger partial charge >= 0.3 is 0 Å². The molecule has 0 radical (unpaired) electrons. The van der Waals surface area contributed by atoms with Gasteiger partial charge in [-0.2, -0.15) is 0 Å². The number of halogens is 5. The molecule has 1 heterocycles. The topological polar surface area (TPSA) is 25.8 Å². The predicted molar refractivity (Wildman–Crippen MR) is 63.4 cm³/mol. The van der Waals surface area contributed by atoms with Crippen LogP contribution in [-0.4, -0.2) is 9.97 Å². The Morgan fingerprint density at radius 2 is 1.86 bits per heavy atom. The zero-order valence-electron chi connectivity index (χ0n) is 6.99. The van der Waals surface area contributed by atoms with E-state index in [1.54, 1.807) is 0 Å². The molecule has 1 aromatic rings. The molecule has 0 aliphatic heterocycles. The van der Waals surface area contributed by atoms with Crippen LogP contribution in [0.3, 0.4) is 0 Å². The highest BCUT2D eigenvalue weighted by atomic mass is 79.9. The Morgan fingerprint density at radius 3 is 2.29 bits per heavy atom. The lowest BCUT2D eigenvalue weighted by Crippen LogP contribution is -2.10. The van der Waals surface area contributed by atoms with Gasteiger partial charge in [0.05, 0.1) is 10.2 Å². The maximum atomic E-state index is 5.83. The van der Waals surface area contributed by atoms with E-state index in [0.29, 0.717) is 16.6 Å². The van der Waals surface area contributed by atoms with E-state index in [0.717, 1.165) is 0 Å². The second-order valence-corrected chi connectivity index (χ2v) is 5.88. The van der Waals surface area contributed by atoms with Crippen LogP contribution in [0.1, 0.15) is 18.4 Å². The van der Waals surface area contributed by atoms with Crippen molar-refractivity contribution in [2.24, 2.45) is 0 Å². The minimum atomic E-state index is -1.64. The van der Waals surface area contributed by atoms with Crippen molar-refractivity contribution in [1.29, 1.82) is 0 Å². The summed E-state index contributed by atoms with van der Waals surface area (Å²) in [5.74, 6) is 0.0903. The van der Waals surface area contributed by atoms with Crippen LogP contribution >= 0.6 is 62.3 Å². The molecule has 1 rings (SSSR count). The van der Waals surface area contributed by atoms with Gasteiger partial charge in [0.2, 0.25) is 3.79 Å². The van der Waals surface area contributed by atoms with Crippen LogP contribution in [0.4, 0.5) is 0 Å². The molecule has 0 aliphatic rings. The van der Waals surface area contributed by atoms with E-state index in [-0.39, 0.29) is 11.0 Å². The Kier molecular flexibility index (Phi) is 4.30. The van der Waals surface area contributed by atoms with E-state index in [1.165, 1.54) is 0 Å². The van der Waals surface area contributed by atoms with Gasteiger partial charge in [0.1, 0.15) is 5.15 Å². The number of aryl methyl sites for hydroxylation is 1. The molecule has 78 valence electrons. The fourth-order valence-electron chi connectivity index (χ4n) is 0.824. The Hall–Kier alpha value is 0.720. The van der Waals surface area contributed by atoms with Crippen molar-refractivity contribution in [3.8, 4) is 0 Å². The zero-order chi connectivity index (χ0) is 10.9. The number of nitrogens with zero attached hydrogens (tertiary/aromatic N) is 2. The predicted octanol–water partition coefficient (Wildman–Crippen LogP) is 4.28. The van der Waals surface area contributed by atoms with E-state index in [1.807, 2.05) is 6.92 Å². The molecule has 0 saturated heterocycles. The molecule has 7 heteroatoms. The van der Waals surface area contributed by atoms with Crippen molar-refractivity contribution in [3.63, 3.8) is 0 Å². The van der Waals surface area contributed by atoms with Crippen LogP contribution in [0.15, 0.2) is 4.47 Å². The van der Waals surface area contributed by atoms with Crippen molar-refractivity contribution in [2.45, 2.75) is 17.1 Å². The molecule has 0 fully saturated rings. The van der Waals surface area contributed by atoms with Crippen molar-refractivity contribution in [2.75, 3.05) is 0 Å². The van der Waals surface area contributed by atoms with Crippen LogP contribution < -0.4 is 0 Å². The summed E-state index contributed by atoms with van der Waals surface area (Å²) < 4.78 is -1.01. The molecule has 0 bridgehead atoms. The second-order valence-electron chi connectivity index (χ2n) is 2.45. The van der Waals surface area contributed by atoms with Crippen LogP contribution in [0, 0.1) is 0 Å². The van der Waals surface area contributed by atoms with E-state index < -0.39 is 3.79 Å². The summed E-state index contributed by atoms with van der Waals surface area (Å²) in [4.78, 5) is 7.95. The molecular weight excluding hydrogens is 334 g/mol. The summed E-state index contributed by atoms with van der Waals surface area (Å²) in [7, 11) is 0. The van der Waals surface area contributed by atoms with Gasteiger partial charge in [-0.3, -0.25) is 0 Å². The smallest absolute Gasteiger partial charge is 0.232 e. The largest absolute Gasteiger partial charge is 0.250 e. The third kappa shape index (κ3) is 2.86.